The second kappa shape index (κ2) is 5.49. The molecule has 0 amide bonds. The molecule has 0 N–H and O–H groups in total. The Kier molecular flexibility index (Phi) is 3.77. The van der Waals surface area contributed by atoms with Crippen LogP contribution in [0.5, 0.6) is 0 Å². The minimum atomic E-state index is 0.218. The third-order valence-corrected chi connectivity index (χ3v) is 2.94. The molecule has 0 saturated carbocycles. The Hall–Kier alpha value is -1.82. The van der Waals surface area contributed by atoms with Gasteiger partial charge in [-0.2, -0.15) is 5.26 Å². The molecule has 3 nitrogen and oxygen atoms in total. The Morgan fingerprint density at radius 1 is 1.53 bits per heavy atom. The van der Waals surface area contributed by atoms with Crippen LogP contribution >= 0.6 is 0 Å². The van der Waals surface area contributed by atoms with Crippen LogP contribution in [0.25, 0.3) is 0 Å². The van der Waals surface area contributed by atoms with Gasteiger partial charge in [0.2, 0.25) is 0 Å². The molecule has 0 aliphatic carbocycles. The molecule has 1 atom stereocenters. The van der Waals surface area contributed by atoms with Crippen molar-refractivity contribution in [3.63, 3.8) is 0 Å². The third-order valence-electron chi connectivity index (χ3n) is 2.94. The van der Waals surface area contributed by atoms with Crippen molar-refractivity contribution >= 4 is 5.71 Å². The number of unbranched alkanes of at least 4 members (excludes halogenated alkanes) is 1. The predicted octanol–water partition coefficient (Wildman–Crippen LogP) is 3.24. The van der Waals surface area contributed by atoms with E-state index in [1.807, 2.05) is 18.2 Å². The highest BCUT2D eigenvalue weighted by atomic mass is 16.6. The summed E-state index contributed by atoms with van der Waals surface area (Å²) in [6.45, 7) is 2.17. The molecule has 0 spiro atoms. The van der Waals surface area contributed by atoms with E-state index in [1.165, 1.54) is 12.8 Å². The highest BCUT2D eigenvalue weighted by Crippen LogP contribution is 2.20. The SMILES string of the molecule is CCCCC1CC(c2cccc(C#N)c2)=NO1. The highest BCUT2D eigenvalue weighted by molar-refractivity contribution is 6.01. The van der Waals surface area contributed by atoms with Crippen molar-refractivity contribution in [2.24, 2.45) is 5.16 Å². The molecule has 1 aromatic carbocycles. The molecule has 1 heterocycles. The summed E-state index contributed by atoms with van der Waals surface area (Å²) >= 11 is 0. The molecular weight excluding hydrogens is 212 g/mol. The Morgan fingerprint density at radius 2 is 2.41 bits per heavy atom. The van der Waals surface area contributed by atoms with Gasteiger partial charge in [-0.05, 0) is 25.0 Å². The summed E-state index contributed by atoms with van der Waals surface area (Å²) in [4.78, 5) is 5.40. The zero-order valence-electron chi connectivity index (χ0n) is 10.0. The van der Waals surface area contributed by atoms with E-state index >= 15 is 0 Å². The minimum absolute atomic E-state index is 0.218. The normalized spacial score (nSPS) is 18.4. The smallest absolute Gasteiger partial charge is 0.133 e. The van der Waals surface area contributed by atoms with Crippen molar-refractivity contribution in [2.75, 3.05) is 0 Å². The van der Waals surface area contributed by atoms with Crippen LogP contribution in [0.2, 0.25) is 0 Å². The number of benzene rings is 1. The van der Waals surface area contributed by atoms with Crippen molar-refractivity contribution in [3.05, 3.63) is 35.4 Å². The van der Waals surface area contributed by atoms with Gasteiger partial charge in [-0.1, -0.05) is 30.6 Å². The fourth-order valence-corrected chi connectivity index (χ4v) is 1.95. The molecule has 2 rings (SSSR count). The first kappa shape index (κ1) is 11.7. The summed E-state index contributed by atoms with van der Waals surface area (Å²) < 4.78 is 0. The van der Waals surface area contributed by atoms with E-state index in [0.717, 1.165) is 24.1 Å². The quantitative estimate of drug-likeness (QED) is 0.794. The number of oxime groups is 1. The van der Waals surface area contributed by atoms with Gasteiger partial charge in [-0.25, -0.2) is 0 Å². The lowest BCUT2D eigenvalue weighted by atomic mass is 10.0. The van der Waals surface area contributed by atoms with E-state index in [0.29, 0.717) is 5.56 Å². The lowest BCUT2D eigenvalue weighted by molar-refractivity contribution is 0.0774. The lowest BCUT2D eigenvalue weighted by Crippen LogP contribution is -2.08. The van der Waals surface area contributed by atoms with Crippen LogP contribution in [0.4, 0.5) is 0 Å². The average molecular weight is 228 g/mol. The van der Waals surface area contributed by atoms with Crippen molar-refractivity contribution in [1.29, 1.82) is 5.26 Å². The maximum absolute atomic E-state index is 8.85. The molecule has 1 aliphatic rings. The molecule has 0 radical (unpaired) electrons. The summed E-state index contributed by atoms with van der Waals surface area (Å²) in [5.74, 6) is 0. The second-order valence-corrected chi connectivity index (χ2v) is 4.30. The van der Waals surface area contributed by atoms with Gasteiger partial charge in [-0.15, -0.1) is 0 Å². The topological polar surface area (TPSA) is 45.4 Å². The van der Waals surface area contributed by atoms with E-state index in [4.69, 9.17) is 10.1 Å². The van der Waals surface area contributed by atoms with Gasteiger partial charge in [0.05, 0.1) is 17.3 Å². The van der Waals surface area contributed by atoms with Crippen molar-refractivity contribution < 1.29 is 4.84 Å². The Labute approximate surface area is 102 Å². The van der Waals surface area contributed by atoms with Crippen LogP contribution in [0.15, 0.2) is 29.4 Å². The van der Waals surface area contributed by atoms with Crippen molar-refractivity contribution in [3.8, 4) is 6.07 Å². The van der Waals surface area contributed by atoms with E-state index in [-0.39, 0.29) is 6.10 Å². The van der Waals surface area contributed by atoms with Crippen LogP contribution in [0, 0.1) is 11.3 Å². The molecule has 0 bridgehead atoms. The molecular formula is C14H16N2O. The zero-order chi connectivity index (χ0) is 12.1. The fraction of sp³-hybridized carbons (Fsp3) is 0.429. The van der Waals surface area contributed by atoms with Crippen LogP contribution < -0.4 is 0 Å². The summed E-state index contributed by atoms with van der Waals surface area (Å²) in [7, 11) is 0. The first-order valence-electron chi connectivity index (χ1n) is 6.06. The van der Waals surface area contributed by atoms with Crippen molar-refractivity contribution in [1.82, 2.24) is 0 Å². The van der Waals surface area contributed by atoms with E-state index < -0.39 is 0 Å². The molecule has 1 unspecified atom stereocenters. The lowest BCUT2D eigenvalue weighted by Gasteiger charge is -2.05. The van der Waals surface area contributed by atoms with E-state index in [9.17, 15) is 0 Å². The Balaban J connectivity index is 2.02. The first-order chi connectivity index (χ1) is 8.33. The second-order valence-electron chi connectivity index (χ2n) is 4.30. The largest absolute Gasteiger partial charge is 0.392 e. The van der Waals surface area contributed by atoms with E-state index in [1.54, 1.807) is 6.07 Å². The number of hydrogen-bond acceptors (Lipinski definition) is 3. The standard InChI is InChI=1S/C14H16N2O/c1-2-3-7-13-9-14(16-17-13)12-6-4-5-11(8-12)10-15/h4-6,8,13H,2-3,7,9H2,1H3. The molecule has 0 fully saturated rings. The van der Waals surface area contributed by atoms with Crippen LogP contribution in [0.1, 0.15) is 43.7 Å². The summed E-state index contributed by atoms with van der Waals surface area (Å²) in [5, 5.41) is 13.0. The Morgan fingerprint density at radius 3 is 3.18 bits per heavy atom. The van der Waals surface area contributed by atoms with E-state index in [2.05, 4.69) is 18.1 Å². The molecule has 0 aromatic heterocycles. The van der Waals surface area contributed by atoms with Gasteiger partial charge in [0.25, 0.3) is 0 Å². The van der Waals surface area contributed by atoms with Crippen molar-refractivity contribution in [2.45, 2.75) is 38.7 Å². The first-order valence-corrected chi connectivity index (χ1v) is 6.06. The molecule has 1 aromatic rings. The number of rotatable bonds is 4. The van der Waals surface area contributed by atoms with Gasteiger partial charge in [0, 0.05) is 12.0 Å². The highest BCUT2D eigenvalue weighted by Gasteiger charge is 2.21. The average Bonchev–Trinajstić information content (AvgIpc) is 2.85. The molecule has 17 heavy (non-hydrogen) atoms. The summed E-state index contributed by atoms with van der Waals surface area (Å²) in [6, 6.07) is 9.67. The maximum Gasteiger partial charge on any atom is 0.133 e. The maximum atomic E-state index is 8.85. The molecule has 1 aliphatic heterocycles. The molecule has 3 heteroatoms. The van der Waals surface area contributed by atoms with Gasteiger partial charge in [-0.3, -0.25) is 0 Å². The van der Waals surface area contributed by atoms with Gasteiger partial charge >= 0.3 is 0 Å². The van der Waals surface area contributed by atoms with Crippen LogP contribution in [-0.2, 0) is 4.84 Å². The van der Waals surface area contributed by atoms with Crippen LogP contribution in [0.3, 0.4) is 0 Å². The fourth-order valence-electron chi connectivity index (χ4n) is 1.95. The number of nitrogens with zero attached hydrogens (tertiary/aromatic N) is 2. The number of hydrogen-bond donors (Lipinski definition) is 0. The predicted molar refractivity (Wildman–Crippen MR) is 66.7 cm³/mol. The summed E-state index contributed by atoms with van der Waals surface area (Å²) in [6.07, 6.45) is 4.48. The Bertz CT molecular complexity index is 460. The number of nitriles is 1. The molecule has 0 saturated heterocycles. The minimum Gasteiger partial charge on any atom is -0.392 e. The van der Waals surface area contributed by atoms with Crippen LogP contribution in [-0.4, -0.2) is 11.8 Å². The van der Waals surface area contributed by atoms with Gasteiger partial charge in [0.1, 0.15) is 6.10 Å². The molecule has 88 valence electrons. The third kappa shape index (κ3) is 2.85. The zero-order valence-corrected chi connectivity index (χ0v) is 10.0. The monoisotopic (exact) mass is 228 g/mol. The van der Waals surface area contributed by atoms with Gasteiger partial charge < -0.3 is 4.84 Å². The van der Waals surface area contributed by atoms with Gasteiger partial charge in [0.15, 0.2) is 0 Å². The summed E-state index contributed by atoms with van der Waals surface area (Å²) in [5.41, 5.74) is 2.63.